The molecule has 1 heterocycles. The van der Waals surface area contributed by atoms with E-state index in [0.29, 0.717) is 12.2 Å². The number of hydrogen-bond donors (Lipinski definition) is 3. The maximum atomic E-state index is 11.2. The van der Waals surface area contributed by atoms with Gasteiger partial charge in [0, 0.05) is 12.7 Å². The number of ether oxygens (including phenoxy) is 1. The lowest BCUT2D eigenvalue weighted by Crippen LogP contribution is -2.19. The molecule has 0 radical (unpaired) electrons. The second kappa shape index (κ2) is 7.09. The van der Waals surface area contributed by atoms with Crippen LogP contribution < -0.4 is 5.32 Å². The van der Waals surface area contributed by atoms with Gasteiger partial charge in [0.25, 0.3) is 0 Å². The van der Waals surface area contributed by atoms with E-state index in [1.54, 1.807) is 12.3 Å². The summed E-state index contributed by atoms with van der Waals surface area (Å²) in [7, 11) is 1.35. The van der Waals surface area contributed by atoms with E-state index in [0.717, 1.165) is 24.9 Å². The number of aromatic nitrogens is 1. The van der Waals surface area contributed by atoms with Crippen molar-refractivity contribution in [3.05, 3.63) is 23.5 Å². The Hall–Kier alpha value is -1.33. The number of esters is 1. The van der Waals surface area contributed by atoms with Gasteiger partial charge < -0.3 is 20.1 Å². The van der Waals surface area contributed by atoms with Crippen molar-refractivity contribution in [1.29, 1.82) is 0 Å². The summed E-state index contributed by atoms with van der Waals surface area (Å²) < 4.78 is 4.60. The maximum absolute atomic E-state index is 11.2. The molecular weight excluding hydrogens is 220 g/mol. The molecule has 1 aromatic rings. The van der Waals surface area contributed by atoms with Crippen molar-refractivity contribution in [3.8, 4) is 0 Å². The van der Waals surface area contributed by atoms with Crippen molar-refractivity contribution in [1.82, 2.24) is 10.3 Å². The van der Waals surface area contributed by atoms with Crippen molar-refractivity contribution < 1.29 is 14.6 Å². The number of rotatable bonds is 7. The van der Waals surface area contributed by atoms with Gasteiger partial charge in [0.2, 0.25) is 0 Å². The van der Waals surface area contributed by atoms with Gasteiger partial charge in [0.1, 0.15) is 5.69 Å². The fraction of sp³-hybridized carbons (Fsp3) is 0.583. The highest BCUT2D eigenvalue weighted by Gasteiger charge is 2.07. The molecule has 0 aliphatic carbocycles. The molecule has 1 atom stereocenters. The Morgan fingerprint density at radius 1 is 1.65 bits per heavy atom. The van der Waals surface area contributed by atoms with Crippen LogP contribution in [0.4, 0.5) is 0 Å². The van der Waals surface area contributed by atoms with Crippen molar-refractivity contribution in [2.24, 2.45) is 0 Å². The number of nitrogens with one attached hydrogen (secondary N) is 2. The van der Waals surface area contributed by atoms with Crippen molar-refractivity contribution in [3.63, 3.8) is 0 Å². The number of hydrogen-bond acceptors (Lipinski definition) is 4. The molecule has 0 aromatic carbocycles. The summed E-state index contributed by atoms with van der Waals surface area (Å²) in [5, 5.41) is 12.6. The molecule has 5 heteroatoms. The summed E-state index contributed by atoms with van der Waals surface area (Å²) in [6, 6.07) is 1.76. The standard InChI is InChI=1S/C12H20N2O3/c1-3-10(15)4-5-13-7-9-6-11(14-8-9)12(16)17-2/h6,8,10,13-15H,3-5,7H2,1-2H3. The molecule has 0 saturated heterocycles. The number of carbonyl (C=O) groups excluding carboxylic acids is 1. The number of H-pyrrole nitrogens is 1. The number of aliphatic hydroxyl groups excluding tert-OH is 1. The van der Waals surface area contributed by atoms with Crippen molar-refractivity contribution >= 4 is 5.97 Å². The van der Waals surface area contributed by atoms with Gasteiger partial charge >= 0.3 is 5.97 Å². The first kappa shape index (κ1) is 13.7. The molecule has 0 amide bonds. The van der Waals surface area contributed by atoms with E-state index in [9.17, 15) is 9.90 Å². The summed E-state index contributed by atoms with van der Waals surface area (Å²) in [5.74, 6) is -0.363. The number of aromatic amines is 1. The van der Waals surface area contributed by atoms with Gasteiger partial charge in [0.15, 0.2) is 0 Å². The van der Waals surface area contributed by atoms with Gasteiger partial charge in [-0.15, -0.1) is 0 Å². The summed E-state index contributed by atoms with van der Waals surface area (Å²) in [6.45, 7) is 3.39. The molecule has 0 bridgehead atoms. The zero-order valence-corrected chi connectivity index (χ0v) is 10.3. The quantitative estimate of drug-likeness (QED) is 0.492. The minimum atomic E-state index is -0.363. The van der Waals surface area contributed by atoms with E-state index >= 15 is 0 Å². The van der Waals surface area contributed by atoms with Crippen LogP contribution in [0.3, 0.4) is 0 Å². The van der Waals surface area contributed by atoms with Gasteiger partial charge in [-0.05, 0) is 31.0 Å². The van der Waals surface area contributed by atoms with Crippen LogP contribution in [0.1, 0.15) is 35.8 Å². The minimum absolute atomic E-state index is 0.237. The lowest BCUT2D eigenvalue weighted by Gasteiger charge is -2.07. The molecule has 5 nitrogen and oxygen atoms in total. The van der Waals surface area contributed by atoms with E-state index in [1.165, 1.54) is 7.11 Å². The number of aliphatic hydroxyl groups is 1. The first-order chi connectivity index (χ1) is 8.17. The van der Waals surface area contributed by atoms with E-state index in [-0.39, 0.29) is 12.1 Å². The molecule has 96 valence electrons. The lowest BCUT2D eigenvalue weighted by atomic mass is 10.2. The van der Waals surface area contributed by atoms with Gasteiger partial charge in [-0.25, -0.2) is 4.79 Å². The highest BCUT2D eigenvalue weighted by Crippen LogP contribution is 2.04. The molecule has 0 saturated carbocycles. The lowest BCUT2D eigenvalue weighted by molar-refractivity contribution is 0.0595. The van der Waals surface area contributed by atoms with Crippen LogP contribution in [-0.2, 0) is 11.3 Å². The second-order valence-corrected chi connectivity index (χ2v) is 3.94. The first-order valence-electron chi connectivity index (χ1n) is 5.81. The number of methoxy groups -OCH3 is 1. The smallest absolute Gasteiger partial charge is 0.354 e. The normalized spacial score (nSPS) is 12.4. The third kappa shape index (κ3) is 4.58. The van der Waals surface area contributed by atoms with E-state index in [1.807, 2.05) is 6.92 Å². The summed E-state index contributed by atoms with van der Waals surface area (Å²) in [6.07, 6.45) is 3.05. The van der Waals surface area contributed by atoms with Gasteiger partial charge in [-0.3, -0.25) is 0 Å². The van der Waals surface area contributed by atoms with Crippen LogP contribution in [0.15, 0.2) is 12.3 Å². The minimum Gasteiger partial charge on any atom is -0.464 e. The van der Waals surface area contributed by atoms with Crippen molar-refractivity contribution in [2.75, 3.05) is 13.7 Å². The highest BCUT2D eigenvalue weighted by molar-refractivity contribution is 5.87. The topological polar surface area (TPSA) is 74.4 Å². The Labute approximate surface area is 101 Å². The molecule has 17 heavy (non-hydrogen) atoms. The Morgan fingerprint density at radius 2 is 2.41 bits per heavy atom. The van der Waals surface area contributed by atoms with Gasteiger partial charge in [-0.2, -0.15) is 0 Å². The van der Waals surface area contributed by atoms with Crippen molar-refractivity contribution in [2.45, 2.75) is 32.4 Å². The van der Waals surface area contributed by atoms with E-state index in [2.05, 4.69) is 15.0 Å². The molecule has 1 aromatic heterocycles. The Kier molecular flexibility index (Phi) is 5.72. The second-order valence-electron chi connectivity index (χ2n) is 3.94. The van der Waals surface area contributed by atoms with Gasteiger partial charge in [-0.1, -0.05) is 6.92 Å². The summed E-state index contributed by atoms with van der Waals surface area (Å²) in [4.78, 5) is 14.0. The summed E-state index contributed by atoms with van der Waals surface area (Å²) >= 11 is 0. The highest BCUT2D eigenvalue weighted by atomic mass is 16.5. The Morgan fingerprint density at radius 3 is 3.06 bits per heavy atom. The monoisotopic (exact) mass is 240 g/mol. The zero-order chi connectivity index (χ0) is 12.7. The molecular formula is C12H20N2O3. The average Bonchev–Trinajstić information content (AvgIpc) is 2.82. The van der Waals surface area contributed by atoms with Crippen LogP contribution in [-0.4, -0.2) is 35.8 Å². The van der Waals surface area contributed by atoms with Crippen LogP contribution in [0.2, 0.25) is 0 Å². The van der Waals surface area contributed by atoms with Crippen LogP contribution in [0, 0.1) is 0 Å². The molecule has 3 N–H and O–H groups in total. The third-order valence-corrected chi connectivity index (χ3v) is 2.60. The maximum Gasteiger partial charge on any atom is 0.354 e. The number of carbonyl (C=O) groups is 1. The molecule has 0 spiro atoms. The Balaban J connectivity index is 2.28. The predicted octanol–water partition coefficient (Wildman–Crippen LogP) is 1.05. The van der Waals surface area contributed by atoms with E-state index < -0.39 is 0 Å². The Bertz CT molecular complexity index is 349. The largest absolute Gasteiger partial charge is 0.464 e. The summed E-state index contributed by atoms with van der Waals surface area (Å²) in [5.41, 5.74) is 1.45. The SMILES string of the molecule is CCC(O)CCNCc1c[nH]c(C(=O)OC)c1. The predicted molar refractivity (Wildman–Crippen MR) is 64.8 cm³/mol. The molecule has 1 unspecified atom stereocenters. The van der Waals surface area contributed by atoms with Crippen LogP contribution in [0.25, 0.3) is 0 Å². The molecule has 0 aliphatic rings. The zero-order valence-electron chi connectivity index (χ0n) is 10.3. The molecule has 1 rings (SSSR count). The fourth-order valence-corrected chi connectivity index (χ4v) is 1.47. The van der Waals surface area contributed by atoms with Crippen LogP contribution >= 0.6 is 0 Å². The van der Waals surface area contributed by atoms with Crippen LogP contribution in [0.5, 0.6) is 0 Å². The van der Waals surface area contributed by atoms with E-state index in [4.69, 9.17) is 0 Å². The fourth-order valence-electron chi connectivity index (χ4n) is 1.47. The molecule has 0 aliphatic heterocycles. The third-order valence-electron chi connectivity index (χ3n) is 2.60. The van der Waals surface area contributed by atoms with Gasteiger partial charge in [0.05, 0.1) is 13.2 Å². The first-order valence-corrected chi connectivity index (χ1v) is 5.81. The average molecular weight is 240 g/mol. The molecule has 0 fully saturated rings.